The third-order valence-electron chi connectivity index (χ3n) is 4.34. The van der Waals surface area contributed by atoms with Gasteiger partial charge in [0.1, 0.15) is 0 Å². The van der Waals surface area contributed by atoms with E-state index in [0.717, 1.165) is 0 Å². The second-order valence-corrected chi connectivity index (χ2v) is 6.55. The van der Waals surface area contributed by atoms with E-state index >= 15 is 0 Å². The molecule has 5 nitrogen and oxygen atoms in total. The largest absolute Gasteiger partial charge is 0.391 e. The summed E-state index contributed by atoms with van der Waals surface area (Å²) in [5, 5.41) is 5.11. The summed E-state index contributed by atoms with van der Waals surface area (Å²) in [6.07, 6.45) is -2.98. The van der Waals surface area contributed by atoms with Crippen LogP contribution in [0.1, 0.15) is 39.5 Å². The molecule has 0 bridgehead atoms. The number of carbonyl (C=O) groups excluding carboxylic acids is 2. The Balaban J connectivity index is 0.00000529. The molecule has 1 atom stereocenters. The highest BCUT2D eigenvalue weighted by Crippen LogP contribution is 2.39. The van der Waals surface area contributed by atoms with Gasteiger partial charge in [0.05, 0.1) is 18.5 Å². The SMILES string of the molecule is CC(C)[C@H](N)C(=O)NCC(=O)NCC1CCC(C(F)(F)F)CC1.Cl. The van der Waals surface area contributed by atoms with E-state index in [-0.39, 0.29) is 55.4 Å². The van der Waals surface area contributed by atoms with Gasteiger partial charge in [-0.15, -0.1) is 12.4 Å². The number of carbonyl (C=O) groups is 2. The molecule has 0 aromatic heterocycles. The predicted molar refractivity (Wildman–Crippen MR) is 87.6 cm³/mol. The third-order valence-corrected chi connectivity index (χ3v) is 4.34. The number of nitrogens with two attached hydrogens (primary N) is 1. The Morgan fingerprint density at radius 1 is 1.12 bits per heavy atom. The Morgan fingerprint density at radius 2 is 1.67 bits per heavy atom. The van der Waals surface area contributed by atoms with Gasteiger partial charge < -0.3 is 16.4 Å². The summed E-state index contributed by atoms with van der Waals surface area (Å²) >= 11 is 0. The van der Waals surface area contributed by atoms with Gasteiger partial charge in [0.2, 0.25) is 11.8 Å². The van der Waals surface area contributed by atoms with Crippen LogP contribution in [0, 0.1) is 17.8 Å². The lowest BCUT2D eigenvalue weighted by Crippen LogP contribution is -2.47. The van der Waals surface area contributed by atoms with Crippen LogP contribution in [0.5, 0.6) is 0 Å². The van der Waals surface area contributed by atoms with Crippen LogP contribution in [-0.4, -0.2) is 37.1 Å². The van der Waals surface area contributed by atoms with Crippen molar-refractivity contribution >= 4 is 24.2 Å². The highest BCUT2D eigenvalue weighted by Gasteiger charge is 2.41. The molecule has 2 amide bonds. The van der Waals surface area contributed by atoms with Gasteiger partial charge in [-0.05, 0) is 37.5 Å². The fraction of sp³-hybridized carbons (Fsp3) is 0.867. The number of alkyl halides is 3. The van der Waals surface area contributed by atoms with Crippen LogP contribution in [0.25, 0.3) is 0 Å². The standard InChI is InChI=1S/C15H26F3N3O2.ClH/c1-9(2)13(19)14(23)21-8-12(22)20-7-10-3-5-11(6-4-10)15(16,17)18;/h9-11,13H,3-8,19H2,1-2H3,(H,20,22)(H,21,23);1H/t10?,11?,13-;/m0./s1. The van der Waals surface area contributed by atoms with Crippen molar-refractivity contribution < 1.29 is 22.8 Å². The van der Waals surface area contributed by atoms with Crippen LogP contribution in [0.2, 0.25) is 0 Å². The molecule has 4 N–H and O–H groups in total. The number of amides is 2. The van der Waals surface area contributed by atoms with Crippen molar-refractivity contribution in [2.45, 2.75) is 51.7 Å². The first-order valence-electron chi connectivity index (χ1n) is 7.98. The zero-order chi connectivity index (χ0) is 17.6. The van der Waals surface area contributed by atoms with Crippen LogP contribution in [-0.2, 0) is 9.59 Å². The minimum Gasteiger partial charge on any atom is -0.354 e. The maximum atomic E-state index is 12.6. The second kappa shape index (κ2) is 10.1. The summed E-state index contributed by atoms with van der Waals surface area (Å²) in [6.45, 7) is 3.79. The lowest BCUT2D eigenvalue weighted by Gasteiger charge is -2.29. The zero-order valence-electron chi connectivity index (χ0n) is 14.0. The van der Waals surface area contributed by atoms with E-state index in [0.29, 0.717) is 19.4 Å². The Kier molecular flexibility index (Phi) is 9.65. The number of halogens is 4. The first-order valence-corrected chi connectivity index (χ1v) is 7.98. The minimum atomic E-state index is -4.12. The number of hydrogen-bond donors (Lipinski definition) is 3. The van der Waals surface area contributed by atoms with Gasteiger partial charge in [-0.25, -0.2) is 0 Å². The van der Waals surface area contributed by atoms with E-state index in [1.807, 2.05) is 13.8 Å². The molecule has 9 heteroatoms. The zero-order valence-corrected chi connectivity index (χ0v) is 14.8. The summed E-state index contributed by atoms with van der Waals surface area (Å²) in [5.41, 5.74) is 5.65. The molecule has 1 rings (SSSR count). The quantitative estimate of drug-likeness (QED) is 0.665. The summed E-state index contributed by atoms with van der Waals surface area (Å²) in [7, 11) is 0. The Labute approximate surface area is 146 Å². The fourth-order valence-electron chi connectivity index (χ4n) is 2.60. The van der Waals surface area contributed by atoms with Crippen molar-refractivity contribution in [2.24, 2.45) is 23.5 Å². The van der Waals surface area contributed by atoms with Crippen molar-refractivity contribution in [3.8, 4) is 0 Å². The summed E-state index contributed by atoms with van der Waals surface area (Å²) in [6, 6.07) is -0.666. The van der Waals surface area contributed by atoms with Crippen LogP contribution in [0.3, 0.4) is 0 Å². The Morgan fingerprint density at radius 3 is 2.12 bits per heavy atom. The molecule has 0 radical (unpaired) electrons. The van der Waals surface area contributed by atoms with Crippen LogP contribution < -0.4 is 16.4 Å². The normalized spacial score (nSPS) is 22.5. The van der Waals surface area contributed by atoms with Gasteiger partial charge in [0.25, 0.3) is 0 Å². The second-order valence-electron chi connectivity index (χ2n) is 6.55. The third kappa shape index (κ3) is 7.70. The van der Waals surface area contributed by atoms with E-state index in [1.54, 1.807) is 0 Å². The van der Waals surface area contributed by atoms with Crippen LogP contribution in [0.4, 0.5) is 13.2 Å². The molecule has 1 aliphatic carbocycles. The minimum absolute atomic E-state index is 0. The molecule has 142 valence electrons. The van der Waals surface area contributed by atoms with Crippen LogP contribution >= 0.6 is 12.4 Å². The molecule has 0 spiro atoms. The maximum absolute atomic E-state index is 12.6. The lowest BCUT2D eigenvalue weighted by molar-refractivity contribution is -0.183. The van der Waals surface area contributed by atoms with Gasteiger partial charge in [-0.3, -0.25) is 9.59 Å². The summed E-state index contributed by atoms with van der Waals surface area (Å²) < 4.78 is 37.7. The highest BCUT2D eigenvalue weighted by atomic mass is 35.5. The first kappa shape index (κ1) is 23.0. The monoisotopic (exact) mass is 373 g/mol. The average molecular weight is 374 g/mol. The van der Waals surface area contributed by atoms with Gasteiger partial charge in [-0.1, -0.05) is 13.8 Å². The maximum Gasteiger partial charge on any atom is 0.391 e. The van der Waals surface area contributed by atoms with E-state index < -0.39 is 18.1 Å². The molecule has 0 heterocycles. The van der Waals surface area contributed by atoms with Crippen molar-refractivity contribution in [3.63, 3.8) is 0 Å². The molecule has 24 heavy (non-hydrogen) atoms. The molecule has 0 unspecified atom stereocenters. The van der Waals surface area contributed by atoms with Crippen molar-refractivity contribution in [2.75, 3.05) is 13.1 Å². The number of rotatable bonds is 6. The number of nitrogens with one attached hydrogen (secondary N) is 2. The van der Waals surface area contributed by atoms with Crippen LogP contribution in [0.15, 0.2) is 0 Å². The van der Waals surface area contributed by atoms with Gasteiger partial charge in [0, 0.05) is 6.54 Å². The Bertz CT molecular complexity index is 411. The molecule has 0 aliphatic heterocycles. The molecule has 0 aromatic carbocycles. The molecule has 0 aromatic rings. The van der Waals surface area contributed by atoms with E-state index in [2.05, 4.69) is 10.6 Å². The highest BCUT2D eigenvalue weighted by molar-refractivity contribution is 5.87. The molecular formula is C15H27ClF3N3O2. The number of hydrogen-bond acceptors (Lipinski definition) is 3. The lowest BCUT2D eigenvalue weighted by atomic mass is 9.81. The topological polar surface area (TPSA) is 84.2 Å². The predicted octanol–water partition coefficient (Wildman–Crippen LogP) is 1.99. The van der Waals surface area contributed by atoms with E-state index in [1.165, 1.54) is 0 Å². The van der Waals surface area contributed by atoms with Gasteiger partial charge in [-0.2, -0.15) is 13.2 Å². The molecule has 1 fully saturated rings. The van der Waals surface area contributed by atoms with Crippen molar-refractivity contribution in [3.05, 3.63) is 0 Å². The summed E-state index contributed by atoms with van der Waals surface area (Å²) in [4.78, 5) is 23.3. The van der Waals surface area contributed by atoms with E-state index in [9.17, 15) is 22.8 Å². The summed E-state index contributed by atoms with van der Waals surface area (Å²) in [5.74, 6) is -1.92. The smallest absolute Gasteiger partial charge is 0.354 e. The molecule has 0 saturated heterocycles. The average Bonchev–Trinajstić information content (AvgIpc) is 2.49. The molecule has 1 saturated carbocycles. The van der Waals surface area contributed by atoms with Crippen molar-refractivity contribution in [1.29, 1.82) is 0 Å². The molecule has 1 aliphatic rings. The Hall–Kier alpha value is -1.02. The van der Waals surface area contributed by atoms with E-state index in [4.69, 9.17) is 5.73 Å². The molecular weight excluding hydrogens is 347 g/mol. The van der Waals surface area contributed by atoms with Gasteiger partial charge in [0.15, 0.2) is 0 Å². The fourth-order valence-corrected chi connectivity index (χ4v) is 2.60. The van der Waals surface area contributed by atoms with Gasteiger partial charge >= 0.3 is 6.18 Å². The van der Waals surface area contributed by atoms with Crippen molar-refractivity contribution in [1.82, 2.24) is 10.6 Å². The first-order chi connectivity index (χ1) is 10.6.